The monoisotopic (exact) mass is 284 g/mol. The van der Waals surface area contributed by atoms with Gasteiger partial charge in [0, 0.05) is 6.54 Å². The first kappa shape index (κ1) is 15.3. The summed E-state index contributed by atoms with van der Waals surface area (Å²) in [5.74, 6) is -0.919. The highest BCUT2D eigenvalue weighted by Crippen LogP contribution is 2.19. The fourth-order valence-corrected chi connectivity index (χ4v) is 1.46. The fraction of sp³-hybridized carbons (Fsp3) is 0.385. The lowest BCUT2D eigenvalue weighted by Gasteiger charge is -2.07. The minimum absolute atomic E-state index is 0.267. The van der Waals surface area contributed by atoms with Gasteiger partial charge in [0.2, 0.25) is 0 Å². The average molecular weight is 285 g/mol. The fourth-order valence-electron chi connectivity index (χ4n) is 1.34. The largest absolute Gasteiger partial charge is 0.452 e. The number of esters is 1. The predicted molar refractivity (Wildman–Crippen MR) is 74.1 cm³/mol. The maximum absolute atomic E-state index is 11.6. The lowest BCUT2D eigenvalue weighted by atomic mass is 10.2. The molecule has 0 radical (unpaired) electrons. The molecule has 1 rings (SSSR count). The van der Waals surface area contributed by atoms with E-state index in [9.17, 15) is 9.59 Å². The first-order valence-electron chi connectivity index (χ1n) is 6.03. The maximum atomic E-state index is 11.6. The van der Waals surface area contributed by atoms with Crippen LogP contribution in [0.5, 0.6) is 0 Å². The summed E-state index contributed by atoms with van der Waals surface area (Å²) in [6.07, 6.45) is 1.89. The van der Waals surface area contributed by atoms with E-state index in [0.29, 0.717) is 17.3 Å². The Kier molecular flexibility index (Phi) is 6.15. The smallest absolute Gasteiger partial charge is 0.338 e. The summed E-state index contributed by atoms with van der Waals surface area (Å²) >= 11 is 5.74. The van der Waals surface area contributed by atoms with Gasteiger partial charge in [-0.1, -0.05) is 24.9 Å². The highest BCUT2D eigenvalue weighted by atomic mass is 35.5. The summed E-state index contributed by atoms with van der Waals surface area (Å²) in [5.41, 5.74) is 6.14. The number of hydrogen-bond donors (Lipinski definition) is 2. The molecule has 0 aliphatic rings. The van der Waals surface area contributed by atoms with Crippen molar-refractivity contribution in [1.82, 2.24) is 5.32 Å². The van der Waals surface area contributed by atoms with Crippen molar-refractivity contribution in [2.24, 2.45) is 0 Å². The van der Waals surface area contributed by atoms with Gasteiger partial charge in [-0.05, 0) is 24.6 Å². The number of halogens is 1. The second kappa shape index (κ2) is 7.63. The highest BCUT2D eigenvalue weighted by molar-refractivity contribution is 6.33. The predicted octanol–water partition coefficient (Wildman–Crippen LogP) is 2.00. The van der Waals surface area contributed by atoms with Crippen LogP contribution < -0.4 is 11.1 Å². The first-order chi connectivity index (χ1) is 9.04. The van der Waals surface area contributed by atoms with E-state index in [2.05, 4.69) is 5.32 Å². The number of carbonyl (C=O) groups is 2. The summed E-state index contributed by atoms with van der Waals surface area (Å²) in [5, 5.41) is 3.02. The van der Waals surface area contributed by atoms with E-state index in [-0.39, 0.29) is 18.1 Å². The van der Waals surface area contributed by atoms with Gasteiger partial charge in [-0.3, -0.25) is 4.79 Å². The molecule has 0 saturated heterocycles. The molecule has 0 aliphatic heterocycles. The zero-order valence-electron chi connectivity index (χ0n) is 10.7. The standard InChI is InChI=1S/C13H17ClN2O3/c1-2-3-6-16-12(17)8-19-13(18)9-4-5-10(14)11(15)7-9/h4-5,7H,2-3,6,8,15H2,1H3,(H,16,17). The number of rotatable bonds is 6. The van der Waals surface area contributed by atoms with Crippen molar-refractivity contribution in [3.63, 3.8) is 0 Å². The summed E-state index contributed by atoms with van der Waals surface area (Å²) in [7, 11) is 0. The lowest BCUT2D eigenvalue weighted by molar-refractivity contribution is -0.124. The third kappa shape index (κ3) is 5.18. The Bertz CT molecular complexity index is 463. The Balaban J connectivity index is 2.42. The molecule has 0 atom stereocenters. The van der Waals surface area contributed by atoms with Gasteiger partial charge in [0.15, 0.2) is 6.61 Å². The molecule has 3 N–H and O–H groups in total. The lowest BCUT2D eigenvalue weighted by Crippen LogP contribution is -2.29. The van der Waals surface area contributed by atoms with Crippen molar-refractivity contribution in [3.8, 4) is 0 Å². The molecular weight excluding hydrogens is 268 g/mol. The van der Waals surface area contributed by atoms with E-state index < -0.39 is 5.97 Å². The Hall–Kier alpha value is -1.75. The zero-order valence-corrected chi connectivity index (χ0v) is 11.5. The van der Waals surface area contributed by atoms with Crippen molar-refractivity contribution in [3.05, 3.63) is 28.8 Å². The van der Waals surface area contributed by atoms with E-state index in [4.69, 9.17) is 22.1 Å². The van der Waals surface area contributed by atoms with Gasteiger partial charge in [-0.25, -0.2) is 4.79 Å². The number of hydrogen-bond acceptors (Lipinski definition) is 4. The number of unbranched alkanes of at least 4 members (excludes halogenated alkanes) is 1. The molecule has 0 heterocycles. The molecule has 1 aromatic rings. The van der Waals surface area contributed by atoms with E-state index in [0.717, 1.165) is 12.8 Å². The molecule has 5 nitrogen and oxygen atoms in total. The third-order valence-corrected chi connectivity index (χ3v) is 2.76. The van der Waals surface area contributed by atoms with Crippen molar-refractivity contribution in [2.45, 2.75) is 19.8 Å². The second-order valence-electron chi connectivity index (χ2n) is 4.02. The summed E-state index contributed by atoms with van der Waals surface area (Å²) < 4.78 is 4.87. The molecule has 0 aromatic heterocycles. The van der Waals surface area contributed by atoms with Crippen LogP contribution in [0.25, 0.3) is 0 Å². The molecule has 0 bridgehead atoms. The molecule has 0 unspecified atom stereocenters. The Morgan fingerprint density at radius 3 is 2.79 bits per heavy atom. The second-order valence-corrected chi connectivity index (χ2v) is 4.42. The van der Waals surface area contributed by atoms with Gasteiger partial charge in [0.05, 0.1) is 16.3 Å². The molecule has 104 valence electrons. The number of nitrogens with two attached hydrogens (primary N) is 1. The Labute approximate surface area is 117 Å². The molecule has 0 saturated carbocycles. The number of nitrogens with one attached hydrogen (secondary N) is 1. The van der Waals surface area contributed by atoms with Crippen molar-refractivity contribution in [1.29, 1.82) is 0 Å². The molecular formula is C13H17ClN2O3. The van der Waals surface area contributed by atoms with Crippen LogP contribution in [0.4, 0.5) is 5.69 Å². The van der Waals surface area contributed by atoms with E-state index in [1.54, 1.807) is 0 Å². The van der Waals surface area contributed by atoms with Crippen molar-refractivity contribution >= 4 is 29.2 Å². The molecule has 6 heteroatoms. The van der Waals surface area contributed by atoms with E-state index in [1.807, 2.05) is 6.92 Å². The van der Waals surface area contributed by atoms with Crippen molar-refractivity contribution in [2.75, 3.05) is 18.9 Å². The van der Waals surface area contributed by atoms with Gasteiger partial charge >= 0.3 is 5.97 Å². The Morgan fingerprint density at radius 2 is 2.16 bits per heavy atom. The van der Waals surface area contributed by atoms with Gasteiger partial charge < -0.3 is 15.8 Å². The third-order valence-electron chi connectivity index (χ3n) is 2.42. The number of carbonyl (C=O) groups excluding carboxylic acids is 2. The molecule has 0 fully saturated rings. The first-order valence-corrected chi connectivity index (χ1v) is 6.41. The molecule has 19 heavy (non-hydrogen) atoms. The summed E-state index contributed by atoms with van der Waals surface area (Å²) in [6.45, 7) is 2.31. The number of amides is 1. The number of nitrogen functional groups attached to an aromatic ring is 1. The summed E-state index contributed by atoms with van der Waals surface area (Å²) in [6, 6.07) is 4.42. The highest BCUT2D eigenvalue weighted by Gasteiger charge is 2.11. The number of ether oxygens (including phenoxy) is 1. The maximum Gasteiger partial charge on any atom is 0.338 e. The van der Waals surface area contributed by atoms with Gasteiger partial charge in [-0.15, -0.1) is 0 Å². The molecule has 0 spiro atoms. The summed E-state index contributed by atoms with van der Waals surface area (Å²) in [4.78, 5) is 23.0. The normalized spacial score (nSPS) is 10.0. The minimum Gasteiger partial charge on any atom is -0.452 e. The number of anilines is 1. The molecule has 1 aromatic carbocycles. The average Bonchev–Trinajstić information content (AvgIpc) is 2.39. The van der Waals surface area contributed by atoms with Crippen LogP contribution in [0.15, 0.2) is 18.2 Å². The van der Waals surface area contributed by atoms with Crippen LogP contribution in [0.1, 0.15) is 30.1 Å². The molecule has 0 aliphatic carbocycles. The Morgan fingerprint density at radius 1 is 1.42 bits per heavy atom. The SMILES string of the molecule is CCCCNC(=O)COC(=O)c1ccc(Cl)c(N)c1. The van der Waals surface area contributed by atoms with E-state index in [1.165, 1.54) is 18.2 Å². The van der Waals surface area contributed by atoms with Crippen LogP contribution in [0, 0.1) is 0 Å². The van der Waals surface area contributed by atoms with E-state index >= 15 is 0 Å². The van der Waals surface area contributed by atoms with Gasteiger partial charge in [0.1, 0.15) is 0 Å². The van der Waals surface area contributed by atoms with Crippen LogP contribution in [0.3, 0.4) is 0 Å². The topological polar surface area (TPSA) is 81.4 Å². The minimum atomic E-state index is -0.603. The van der Waals surface area contributed by atoms with Crippen LogP contribution in [0.2, 0.25) is 5.02 Å². The number of benzene rings is 1. The van der Waals surface area contributed by atoms with Crippen molar-refractivity contribution < 1.29 is 14.3 Å². The van der Waals surface area contributed by atoms with Gasteiger partial charge in [-0.2, -0.15) is 0 Å². The zero-order chi connectivity index (χ0) is 14.3. The van der Waals surface area contributed by atoms with Crippen LogP contribution in [-0.2, 0) is 9.53 Å². The van der Waals surface area contributed by atoms with Gasteiger partial charge in [0.25, 0.3) is 5.91 Å². The van der Waals surface area contributed by atoms with Crippen LogP contribution in [-0.4, -0.2) is 25.0 Å². The molecule has 1 amide bonds. The van der Waals surface area contributed by atoms with Crippen LogP contribution >= 0.6 is 11.6 Å². The quantitative estimate of drug-likeness (QED) is 0.475.